The zero-order chi connectivity index (χ0) is 9.72. The molecule has 0 aromatic carbocycles. The quantitative estimate of drug-likeness (QED) is 0.418. The molecule has 3 N–H and O–H groups in total. The number of primary amides is 1. The fourth-order valence-electron chi connectivity index (χ4n) is 0.695. The van der Waals surface area contributed by atoms with E-state index >= 15 is 0 Å². The van der Waals surface area contributed by atoms with E-state index in [1.807, 2.05) is 0 Å². The van der Waals surface area contributed by atoms with Gasteiger partial charge in [-0.05, 0) is 6.42 Å². The number of aliphatic hydroxyl groups excluding tert-OH is 1. The Bertz CT molecular complexity index is 186. The number of carbonyl (C=O) groups excluding carboxylic acids is 2. The van der Waals surface area contributed by atoms with Gasteiger partial charge < -0.3 is 10.8 Å². The number of nitrogens with two attached hydrogens (primary N) is 1. The number of imide groups is 1. The van der Waals surface area contributed by atoms with Crippen molar-refractivity contribution in [2.45, 2.75) is 18.7 Å². The number of nitrogens with zero attached hydrogens (tertiary/aromatic N) is 1. The van der Waals surface area contributed by atoms with Gasteiger partial charge in [0.05, 0.1) is 5.37 Å². The van der Waals surface area contributed by atoms with Crippen molar-refractivity contribution in [2.75, 3.05) is 6.61 Å². The topological polar surface area (TPSA) is 83.6 Å². The Morgan fingerprint density at radius 2 is 2.17 bits per heavy atom. The normalized spacial score (nSPS) is 12.2. The first kappa shape index (κ1) is 11.2. The van der Waals surface area contributed by atoms with E-state index in [-0.39, 0.29) is 0 Å². The van der Waals surface area contributed by atoms with Crippen LogP contribution in [0.3, 0.4) is 0 Å². The van der Waals surface area contributed by atoms with E-state index in [1.54, 1.807) is 6.92 Å². The SMILES string of the molecule is CCC(S)N(C(N)=O)C(=O)CO. The second kappa shape index (κ2) is 5.00. The number of hydrogen-bond acceptors (Lipinski definition) is 4. The van der Waals surface area contributed by atoms with Crippen LogP contribution < -0.4 is 5.73 Å². The molecule has 0 bridgehead atoms. The highest BCUT2D eigenvalue weighted by Crippen LogP contribution is 2.07. The van der Waals surface area contributed by atoms with E-state index < -0.39 is 23.9 Å². The van der Waals surface area contributed by atoms with E-state index in [9.17, 15) is 9.59 Å². The molecule has 0 spiro atoms. The molecule has 70 valence electrons. The van der Waals surface area contributed by atoms with Gasteiger partial charge in [-0.15, -0.1) is 0 Å². The predicted molar refractivity (Wildman–Crippen MR) is 46.6 cm³/mol. The molecule has 3 amide bonds. The highest BCUT2D eigenvalue weighted by atomic mass is 32.1. The first-order valence-electron chi connectivity index (χ1n) is 3.45. The number of hydrogen-bond donors (Lipinski definition) is 3. The van der Waals surface area contributed by atoms with Crippen LogP contribution in [0.15, 0.2) is 0 Å². The van der Waals surface area contributed by atoms with E-state index in [1.165, 1.54) is 0 Å². The van der Waals surface area contributed by atoms with Crippen LogP contribution in [0.1, 0.15) is 13.3 Å². The summed E-state index contributed by atoms with van der Waals surface area (Å²) >= 11 is 3.95. The number of carbonyl (C=O) groups is 2. The van der Waals surface area contributed by atoms with Gasteiger partial charge in [-0.1, -0.05) is 6.92 Å². The summed E-state index contributed by atoms with van der Waals surface area (Å²) in [5, 5.41) is 7.90. The van der Waals surface area contributed by atoms with Gasteiger partial charge in [-0.25, -0.2) is 4.79 Å². The van der Waals surface area contributed by atoms with E-state index in [2.05, 4.69) is 12.6 Å². The number of aliphatic hydroxyl groups is 1. The molecule has 0 heterocycles. The van der Waals surface area contributed by atoms with Crippen molar-refractivity contribution in [2.24, 2.45) is 5.73 Å². The number of urea groups is 1. The van der Waals surface area contributed by atoms with Gasteiger partial charge in [-0.2, -0.15) is 12.6 Å². The third-order valence-corrected chi connectivity index (χ3v) is 1.90. The minimum atomic E-state index is -0.893. The lowest BCUT2D eigenvalue weighted by Crippen LogP contribution is -2.46. The Kier molecular flexibility index (Phi) is 4.68. The summed E-state index contributed by atoms with van der Waals surface area (Å²) in [6.07, 6.45) is 0.484. The third kappa shape index (κ3) is 2.71. The fourth-order valence-corrected chi connectivity index (χ4v) is 0.937. The highest BCUT2D eigenvalue weighted by molar-refractivity contribution is 7.80. The zero-order valence-corrected chi connectivity index (χ0v) is 7.62. The molecule has 0 aliphatic rings. The van der Waals surface area contributed by atoms with Gasteiger partial charge in [0.15, 0.2) is 0 Å². The summed E-state index contributed by atoms with van der Waals surface area (Å²) in [5.41, 5.74) is 4.90. The zero-order valence-electron chi connectivity index (χ0n) is 6.73. The first-order chi connectivity index (χ1) is 5.54. The summed E-state index contributed by atoms with van der Waals surface area (Å²) in [5.74, 6) is -0.732. The second-order valence-corrected chi connectivity index (χ2v) is 2.75. The van der Waals surface area contributed by atoms with Crippen molar-refractivity contribution < 1.29 is 14.7 Å². The smallest absolute Gasteiger partial charge is 0.322 e. The molecule has 0 aromatic heterocycles. The molecule has 0 aliphatic carbocycles. The van der Waals surface area contributed by atoms with Crippen molar-refractivity contribution in [1.82, 2.24) is 4.90 Å². The lowest BCUT2D eigenvalue weighted by atomic mass is 10.4. The lowest BCUT2D eigenvalue weighted by molar-refractivity contribution is -0.131. The highest BCUT2D eigenvalue weighted by Gasteiger charge is 2.23. The Balaban J connectivity index is 4.43. The van der Waals surface area contributed by atoms with Crippen LogP contribution in [0, 0.1) is 0 Å². The summed E-state index contributed by atoms with van der Waals surface area (Å²) < 4.78 is 0. The molecular formula is C6H12N2O3S. The minimum Gasteiger partial charge on any atom is -0.387 e. The monoisotopic (exact) mass is 192 g/mol. The molecule has 0 aromatic rings. The maximum Gasteiger partial charge on any atom is 0.322 e. The van der Waals surface area contributed by atoms with E-state index in [4.69, 9.17) is 10.8 Å². The molecule has 12 heavy (non-hydrogen) atoms. The van der Waals surface area contributed by atoms with Gasteiger partial charge in [0.25, 0.3) is 5.91 Å². The molecule has 0 rings (SSSR count). The molecule has 6 heteroatoms. The van der Waals surface area contributed by atoms with Crippen LogP contribution in [-0.4, -0.2) is 33.9 Å². The molecule has 0 fully saturated rings. The Morgan fingerprint density at radius 1 is 1.67 bits per heavy atom. The van der Waals surface area contributed by atoms with Crippen molar-refractivity contribution in [3.63, 3.8) is 0 Å². The van der Waals surface area contributed by atoms with Crippen LogP contribution in [0.25, 0.3) is 0 Å². The van der Waals surface area contributed by atoms with E-state index in [0.717, 1.165) is 4.90 Å². The van der Waals surface area contributed by atoms with Crippen LogP contribution >= 0.6 is 12.6 Å². The number of thiol groups is 1. The van der Waals surface area contributed by atoms with Gasteiger partial charge >= 0.3 is 6.03 Å². The average molecular weight is 192 g/mol. The summed E-state index contributed by atoms with van der Waals surface area (Å²) in [7, 11) is 0. The first-order valence-corrected chi connectivity index (χ1v) is 3.96. The summed E-state index contributed by atoms with van der Waals surface area (Å²) in [6, 6.07) is -0.893. The molecule has 0 saturated heterocycles. The average Bonchev–Trinajstić information content (AvgIpc) is 2.03. The van der Waals surface area contributed by atoms with Crippen molar-refractivity contribution in [3.05, 3.63) is 0 Å². The Hall–Kier alpha value is -0.750. The molecule has 5 nitrogen and oxygen atoms in total. The number of rotatable bonds is 3. The second-order valence-electron chi connectivity index (χ2n) is 2.15. The fraction of sp³-hybridized carbons (Fsp3) is 0.667. The van der Waals surface area contributed by atoms with Crippen LogP contribution in [0.2, 0.25) is 0 Å². The van der Waals surface area contributed by atoms with Crippen molar-refractivity contribution >= 4 is 24.6 Å². The molecule has 0 saturated carbocycles. The van der Waals surface area contributed by atoms with Gasteiger partial charge in [0.2, 0.25) is 0 Å². The minimum absolute atomic E-state index is 0.484. The molecular weight excluding hydrogens is 180 g/mol. The van der Waals surface area contributed by atoms with Crippen LogP contribution in [0.4, 0.5) is 4.79 Å². The van der Waals surface area contributed by atoms with Gasteiger partial charge in [0, 0.05) is 0 Å². The Labute approximate surface area is 75.9 Å². The maximum absolute atomic E-state index is 10.9. The predicted octanol–water partition coefficient (Wildman–Crippen LogP) is -0.448. The summed E-state index contributed by atoms with van der Waals surface area (Å²) in [6.45, 7) is 1.01. The van der Waals surface area contributed by atoms with Crippen LogP contribution in [0.5, 0.6) is 0 Å². The maximum atomic E-state index is 10.9. The molecule has 1 atom stereocenters. The van der Waals surface area contributed by atoms with Crippen LogP contribution in [-0.2, 0) is 4.79 Å². The standard InChI is InChI=1S/C6H12N2O3S/c1-2-5(12)8(6(7)11)4(10)3-9/h5,9,12H,2-3H2,1H3,(H2,7,11). The van der Waals surface area contributed by atoms with Crippen molar-refractivity contribution in [3.8, 4) is 0 Å². The lowest BCUT2D eigenvalue weighted by Gasteiger charge is -2.22. The Morgan fingerprint density at radius 3 is 2.42 bits per heavy atom. The molecule has 1 unspecified atom stereocenters. The van der Waals surface area contributed by atoms with Gasteiger partial charge in [-0.3, -0.25) is 9.69 Å². The number of amides is 3. The largest absolute Gasteiger partial charge is 0.387 e. The summed E-state index contributed by atoms with van der Waals surface area (Å²) in [4.78, 5) is 22.3. The van der Waals surface area contributed by atoms with Gasteiger partial charge in [0.1, 0.15) is 6.61 Å². The third-order valence-electron chi connectivity index (χ3n) is 1.30. The molecule has 0 aliphatic heterocycles. The van der Waals surface area contributed by atoms with E-state index in [0.29, 0.717) is 6.42 Å². The van der Waals surface area contributed by atoms with Crippen molar-refractivity contribution in [1.29, 1.82) is 0 Å². The molecule has 0 radical (unpaired) electrons.